The molecule has 0 bridgehead atoms. The minimum Gasteiger partial charge on any atom is -0.484 e. The number of hydrogen-bond acceptors (Lipinski definition) is 4. The van der Waals surface area contributed by atoms with Crippen LogP contribution in [0.25, 0.3) is 0 Å². The summed E-state index contributed by atoms with van der Waals surface area (Å²) in [5.41, 5.74) is 2.10. The summed E-state index contributed by atoms with van der Waals surface area (Å²) in [5, 5.41) is 2.82. The van der Waals surface area contributed by atoms with E-state index in [1.807, 2.05) is 45.0 Å². The van der Waals surface area contributed by atoms with Crippen LogP contribution in [0.1, 0.15) is 31.9 Å². The Morgan fingerprint density at radius 3 is 2.57 bits per heavy atom. The van der Waals surface area contributed by atoms with E-state index in [0.717, 1.165) is 11.3 Å². The van der Waals surface area contributed by atoms with Gasteiger partial charge in [0.15, 0.2) is 6.61 Å². The van der Waals surface area contributed by atoms with Gasteiger partial charge in [0.25, 0.3) is 15.9 Å². The third kappa shape index (κ3) is 4.30. The number of amides is 1. The molecule has 7 heteroatoms. The normalized spacial score (nSPS) is 13.9. The van der Waals surface area contributed by atoms with Gasteiger partial charge in [-0.3, -0.25) is 9.10 Å². The van der Waals surface area contributed by atoms with Crippen molar-refractivity contribution in [3.8, 4) is 5.75 Å². The van der Waals surface area contributed by atoms with Crippen molar-refractivity contribution < 1.29 is 17.9 Å². The lowest BCUT2D eigenvalue weighted by Crippen LogP contribution is -2.43. The number of ether oxygens (including phenoxy) is 1. The van der Waals surface area contributed by atoms with Gasteiger partial charge < -0.3 is 10.1 Å². The van der Waals surface area contributed by atoms with Crippen molar-refractivity contribution in [3.05, 3.63) is 53.6 Å². The van der Waals surface area contributed by atoms with E-state index in [9.17, 15) is 13.2 Å². The number of carbonyl (C=O) groups is 1. The molecule has 0 fully saturated rings. The number of rotatable bonds is 5. The molecular formula is C21H26N2O4S. The molecule has 1 amide bonds. The number of para-hydroxylation sites is 1. The van der Waals surface area contributed by atoms with Crippen LogP contribution in [-0.2, 0) is 21.2 Å². The number of nitrogens with zero attached hydrogens (tertiary/aromatic N) is 1. The maximum atomic E-state index is 13.1. The fourth-order valence-electron chi connectivity index (χ4n) is 3.23. The van der Waals surface area contributed by atoms with E-state index in [2.05, 4.69) is 5.32 Å². The first-order valence-electron chi connectivity index (χ1n) is 9.23. The molecule has 0 spiro atoms. The topological polar surface area (TPSA) is 75.7 Å². The Morgan fingerprint density at radius 1 is 1.18 bits per heavy atom. The van der Waals surface area contributed by atoms with E-state index < -0.39 is 10.0 Å². The van der Waals surface area contributed by atoms with E-state index >= 15 is 0 Å². The molecule has 3 rings (SSSR count). The lowest BCUT2D eigenvalue weighted by Gasteiger charge is -2.21. The molecule has 150 valence electrons. The quantitative estimate of drug-likeness (QED) is 0.834. The van der Waals surface area contributed by atoms with Gasteiger partial charge in [-0.2, -0.15) is 0 Å². The van der Waals surface area contributed by atoms with Gasteiger partial charge in [0.2, 0.25) is 0 Å². The van der Waals surface area contributed by atoms with Crippen LogP contribution in [0, 0.1) is 6.92 Å². The van der Waals surface area contributed by atoms with Gasteiger partial charge in [-0.05, 0) is 69.5 Å². The fourth-order valence-corrected chi connectivity index (χ4v) is 4.82. The average Bonchev–Trinajstić information content (AvgIpc) is 3.04. The first-order valence-corrected chi connectivity index (χ1v) is 10.7. The highest BCUT2D eigenvalue weighted by Crippen LogP contribution is 2.33. The van der Waals surface area contributed by atoms with Crippen LogP contribution in [-0.4, -0.2) is 33.0 Å². The molecule has 1 heterocycles. The Morgan fingerprint density at radius 2 is 1.89 bits per heavy atom. The van der Waals surface area contributed by atoms with Crippen LogP contribution in [0.15, 0.2) is 47.4 Å². The van der Waals surface area contributed by atoms with E-state index in [4.69, 9.17) is 4.74 Å². The zero-order valence-electron chi connectivity index (χ0n) is 16.7. The minimum atomic E-state index is -3.65. The van der Waals surface area contributed by atoms with Crippen LogP contribution in [0.3, 0.4) is 0 Å². The third-order valence-electron chi connectivity index (χ3n) is 4.45. The van der Waals surface area contributed by atoms with E-state index in [1.165, 1.54) is 10.4 Å². The van der Waals surface area contributed by atoms with Crippen LogP contribution in [0.5, 0.6) is 5.75 Å². The first kappa shape index (κ1) is 20.2. The lowest BCUT2D eigenvalue weighted by atomic mass is 10.1. The van der Waals surface area contributed by atoms with Crippen molar-refractivity contribution in [3.63, 3.8) is 0 Å². The molecule has 1 aliphatic heterocycles. The maximum Gasteiger partial charge on any atom is 0.264 e. The van der Waals surface area contributed by atoms with Crippen molar-refractivity contribution in [1.29, 1.82) is 0 Å². The summed E-state index contributed by atoms with van der Waals surface area (Å²) in [4.78, 5) is 12.1. The molecule has 0 saturated carbocycles. The van der Waals surface area contributed by atoms with E-state index in [-0.39, 0.29) is 22.9 Å². The van der Waals surface area contributed by atoms with Crippen LogP contribution < -0.4 is 14.4 Å². The number of sulfonamides is 1. The average molecular weight is 403 g/mol. The summed E-state index contributed by atoms with van der Waals surface area (Å²) in [7, 11) is -3.65. The standard InChI is InChI=1S/C21H26N2O4S/c1-15-13-17(9-10-19(15)27-14-20(24)22-21(2,3)4)28(25,26)23-12-11-16-7-5-6-8-18(16)23/h5-10,13H,11-12,14H2,1-4H3,(H,22,24). The molecule has 6 nitrogen and oxygen atoms in total. The SMILES string of the molecule is Cc1cc(S(=O)(=O)N2CCc3ccccc32)ccc1OCC(=O)NC(C)(C)C. The van der Waals surface area contributed by atoms with Gasteiger partial charge in [-0.25, -0.2) is 8.42 Å². The molecule has 0 unspecified atom stereocenters. The highest BCUT2D eigenvalue weighted by Gasteiger charge is 2.30. The van der Waals surface area contributed by atoms with Crippen molar-refractivity contribution in [2.45, 2.75) is 44.6 Å². The second-order valence-corrected chi connectivity index (χ2v) is 9.83. The molecule has 2 aromatic carbocycles. The second kappa shape index (κ2) is 7.47. The largest absolute Gasteiger partial charge is 0.484 e. The number of nitrogens with one attached hydrogen (secondary N) is 1. The first-order chi connectivity index (χ1) is 13.1. The van der Waals surface area contributed by atoms with Crippen LogP contribution >= 0.6 is 0 Å². The second-order valence-electron chi connectivity index (χ2n) is 7.97. The minimum absolute atomic E-state index is 0.121. The number of aryl methyl sites for hydroxylation is 1. The lowest BCUT2D eigenvalue weighted by molar-refractivity contribution is -0.124. The summed E-state index contributed by atoms with van der Waals surface area (Å²) in [6.07, 6.45) is 0.707. The molecule has 1 aliphatic rings. The highest BCUT2D eigenvalue weighted by molar-refractivity contribution is 7.92. The van der Waals surface area contributed by atoms with Gasteiger partial charge in [-0.1, -0.05) is 18.2 Å². The molecule has 28 heavy (non-hydrogen) atoms. The van der Waals surface area contributed by atoms with Gasteiger partial charge in [0, 0.05) is 12.1 Å². The summed E-state index contributed by atoms with van der Waals surface area (Å²) in [5.74, 6) is 0.266. The van der Waals surface area contributed by atoms with Crippen molar-refractivity contribution >= 4 is 21.6 Å². The predicted octanol–water partition coefficient (Wildman–Crippen LogP) is 3.04. The maximum absolute atomic E-state index is 13.1. The molecule has 0 saturated heterocycles. The van der Waals surface area contributed by atoms with Gasteiger partial charge in [0.05, 0.1) is 10.6 Å². The van der Waals surface area contributed by atoms with Crippen LogP contribution in [0.2, 0.25) is 0 Å². The van der Waals surface area contributed by atoms with Crippen molar-refractivity contribution in [2.75, 3.05) is 17.5 Å². The monoisotopic (exact) mass is 402 g/mol. The number of hydrogen-bond donors (Lipinski definition) is 1. The van der Waals surface area contributed by atoms with E-state index in [1.54, 1.807) is 19.1 Å². The Balaban J connectivity index is 1.76. The Labute approximate surface area is 166 Å². The smallest absolute Gasteiger partial charge is 0.264 e. The number of carbonyl (C=O) groups excluding carboxylic acids is 1. The van der Waals surface area contributed by atoms with Crippen LogP contribution in [0.4, 0.5) is 5.69 Å². The molecule has 0 atom stereocenters. The predicted molar refractivity (Wildman–Crippen MR) is 109 cm³/mol. The summed E-state index contributed by atoms with van der Waals surface area (Å²) in [6.45, 7) is 7.77. The fraction of sp³-hybridized carbons (Fsp3) is 0.381. The number of anilines is 1. The zero-order chi connectivity index (χ0) is 20.5. The number of fused-ring (bicyclic) bond motifs is 1. The van der Waals surface area contributed by atoms with E-state index in [0.29, 0.717) is 24.3 Å². The van der Waals surface area contributed by atoms with Gasteiger partial charge >= 0.3 is 0 Å². The Kier molecular flexibility index (Phi) is 5.39. The molecular weight excluding hydrogens is 376 g/mol. The Bertz CT molecular complexity index is 994. The highest BCUT2D eigenvalue weighted by atomic mass is 32.2. The molecule has 0 aromatic heterocycles. The van der Waals surface area contributed by atoms with Gasteiger partial charge in [-0.15, -0.1) is 0 Å². The van der Waals surface area contributed by atoms with Gasteiger partial charge in [0.1, 0.15) is 5.75 Å². The molecule has 2 aromatic rings. The molecule has 0 aliphatic carbocycles. The Hall–Kier alpha value is -2.54. The zero-order valence-corrected chi connectivity index (χ0v) is 17.5. The third-order valence-corrected chi connectivity index (χ3v) is 6.26. The molecule has 0 radical (unpaired) electrons. The summed E-state index contributed by atoms with van der Waals surface area (Å²) >= 11 is 0. The summed E-state index contributed by atoms with van der Waals surface area (Å²) in [6, 6.07) is 12.3. The number of benzene rings is 2. The summed E-state index contributed by atoms with van der Waals surface area (Å²) < 4.78 is 33.2. The van der Waals surface area contributed by atoms with Crippen molar-refractivity contribution in [2.24, 2.45) is 0 Å². The molecule has 1 N–H and O–H groups in total. The van der Waals surface area contributed by atoms with Crippen molar-refractivity contribution in [1.82, 2.24) is 5.32 Å².